The van der Waals surface area contributed by atoms with Gasteiger partial charge in [0.2, 0.25) is 0 Å². The molecule has 1 aliphatic heterocycles. The number of hydrogen-bond acceptors (Lipinski definition) is 4. The van der Waals surface area contributed by atoms with Gasteiger partial charge in [-0.3, -0.25) is 0 Å². The molecule has 0 bridgehead atoms. The van der Waals surface area contributed by atoms with Gasteiger partial charge in [0.1, 0.15) is 5.76 Å². The minimum Gasteiger partial charge on any atom is -0.494 e. The van der Waals surface area contributed by atoms with Gasteiger partial charge in [-0.2, -0.15) is 0 Å². The average molecular weight is 355 g/mol. The van der Waals surface area contributed by atoms with Crippen molar-refractivity contribution in [1.29, 1.82) is 0 Å². The minimum absolute atomic E-state index is 0.114. The van der Waals surface area contributed by atoms with Crippen LogP contribution in [-0.4, -0.2) is 36.3 Å². The van der Waals surface area contributed by atoms with Crippen molar-refractivity contribution in [3.8, 4) is 0 Å². The fourth-order valence-electron chi connectivity index (χ4n) is 2.91. The summed E-state index contributed by atoms with van der Waals surface area (Å²) in [6, 6.07) is 0. The Balaban J connectivity index is 2.15. The molecule has 0 saturated carbocycles. The van der Waals surface area contributed by atoms with Gasteiger partial charge in [-0.15, -0.1) is 0 Å². The Morgan fingerprint density at radius 1 is 1.32 bits per heavy atom. The van der Waals surface area contributed by atoms with Crippen LogP contribution in [0.25, 0.3) is 0 Å². The van der Waals surface area contributed by atoms with Crippen molar-refractivity contribution in [3.05, 3.63) is 24.5 Å². The first-order valence-electron chi connectivity index (χ1n) is 9.91. The largest absolute Gasteiger partial charge is 0.494 e. The van der Waals surface area contributed by atoms with Gasteiger partial charge in [-0.05, 0) is 45.6 Å². The number of allylic oxidation sites excluding steroid dienone is 2. The molecule has 4 heteroatoms. The van der Waals surface area contributed by atoms with Crippen molar-refractivity contribution in [2.24, 2.45) is 5.92 Å². The summed E-state index contributed by atoms with van der Waals surface area (Å²) in [5, 5.41) is 9.82. The number of aliphatic hydroxyl groups is 1. The van der Waals surface area contributed by atoms with Gasteiger partial charge in [0.15, 0.2) is 6.29 Å². The summed E-state index contributed by atoms with van der Waals surface area (Å²) in [5.41, 5.74) is 0. The monoisotopic (exact) mass is 354 g/mol. The molecule has 0 radical (unpaired) electrons. The Bertz CT molecular complexity index is 393. The average Bonchev–Trinajstić information content (AvgIpc) is 2.56. The topological polar surface area (TPSA) is 47.9 Å². The van der Waals surface area contributed by atoms with Gasteiger partial charge in [-0.25, -0.2) is 0 Å². The van der Waals surface area contributed by atoms with Crippen molar-refractivity contribution in [1.82, 2.24) is 0 Å². The van der Waals surface area contributed by atoms with Crippen LogP contribution in [0.3, 0.4) is 0 Å². The van der Waals surface area contributed by atoms with E-state index in [9.17, 15) is 5.11 Å². The van der Waals surface area contributed by atoms with Gasteiger partial charge in [0.25, 0.3) is 0 Å². The third-order valence-electron chi connectivity index (χ3n) is 4.66. The summed E-state index contributed by atoms with van der Waals surface area (Å²) < 4.78 is 17.4. The van der Waals surface area contributed by atoms with Gasteiger partial charge < -0.3 is 19.3 Å². The zero-order chi connectivity index (χ0) is 18.7. The van der Waals surface area contributed by atoms with Crippen LogP contribution in [-0.2, 0) is 14.2 Å². The predicted octanol–water partition coefficient (Wildman–Crippen LogP) is 4.97. The molecule has 25 heavy (non-hydrogen) atoms. The van der Waals surface area contributed by atoms with E-state index >= 15 is 0 Å². The first-order chi connectivity index (χ1) is 11.9. The van der Waals surface area contributed by atoms with Crippen molar-refractivity contribution in [2.45, 2.75) is 97.2 Å². The second-order valence-electron chi connectivity index (χ2n) is 7.29. The molecule has 5 atom stereocenters. The zero-order valence-corrected chi connectivity index (χ0v) is 16.6. The predicted molar refractivity (Wildman–Crippen MR) is 102 cm³/mol. The van der Waals surface area contributed by atoms with Crippen LogP contribution in [0.15, 0.2) is 24.5 Å². The quantitative estimate of drug-likeness (QED) is 0.305. The van der Waals surface area contributed by atoms with Crippen LogP contribution in [0.5, 0.6) is 0 Å². The number of ether oxygens (including phenoxy) is 3. The van der Waals surface area contributed by atoms with E-state index in [0.29, 0.717) is 0 Å². The maximum absolute atomic E-state index is 9.82. The summed E-state index contributed by atoms with van der Waals surface area (Å²) in [6.07, 6.45) is 10.8. The van der Waals surface area contributed by atoms with Crippen LogP contribution in [0.2, 0.25) is 0 Å². The standard InChI is InChI=1S/C21H38O4/c1-6-7-8-11-14-23-17(3)12-9-10-13-18(4)24-21-16(2)15-20(22)19(5)25-21/h9,12,16,18-22H,3,6-8,10-11,13-15H2,1-2,4-5H3/b12-9+/t16-,18-,19+,20-,21-/m1/s1. The van der Waals surface area contributed by atoms with Gasteiger partial charge in [0.05, 0.1) is 24.9 Å². The van der Waals surface area contributed by atoms with E-state index in [4.69, 9.17) is 14.2 Å². The fourth-order valence-corrected chi connectivity index (χ4v) is 2.91. The van der Waals surface area contributed by atoms with Crippen LogP contribution >= 0.6 is 0 Å². The molecule has 0 aliphatic carbocycles. The number of rotatable bonds is 12. The minimum atomic E-state index is -0.388. The molecule has 0 aromatic heterocycles. The number of unbranched alkanes of at least 4 members (excludes halogenated alkanes) is 3. The highest BCUT2D eigenvalue weighted by Gasteiger charge is 2.33. The molecule has 0 aromatic rings. The Labute approximate surface area is 154 Å². The molecule has 1 fully saturated rings. The third kappa shape index (κ3) is 9.43. The summed E-state index contributed by atoms with van der Waals surface area (Å²) in [6.45, 7) is 12.9. The lowest BCUT2D eigenvalue weighted by molar-refractivity contribution is -0.255. The van der Waals surface area contributed by atoms with Crippen molar-refractivity contribution in [3.63, 3.8) is 0 Å². The second-order valence-corrected chi connectivity index (χ2v) is 7.29. The van der Waals surface area contributed by atoms with Crippen molar-refractivity contribution in [2.75, 3.05) is 6.61 Å². The molecule has 0 spiro atoms. The van der Waals surface area contributed by atoms with Crippen LogP contribution in [0.4, 0.5) is 0 Å². The normalized spacial score (nSPS) is 28.2. The van der Waals surface area contributed by atoms with Gasteiger partial charge in [-0.1, -0.05) is 45.8 Å². The Kier molecular flexibility index (Phi) is 11.1. The first kappa shape index (κ1) is 22.2. The zero-order valence-electron chi connectivity index (χ0n) is 16.6. The van der Waals surface area contributed by atoms with E-state index in [1.807, 2.05) is 13.0 Å². The summed E-state index contributed by atoms with van der Waals surface area (Å²) >= 11 is 0. The van der Waals surface area contributed by atoms with E-state index in [1.54, 1.807) is 0 Å². The third-order valence-corrected chi connectivity index (χ3v) is 4.66. The van der Waals surface area contributed by atoms with Crippen LogP contribution < -0.4 is 0 Å². The van der Waals surface area contributed by atoms with E-state index in [2.05, 4.69) is 33.4 Å². The molecular formula is C21H38O4. The molecule has 1 N–H and O–H groups in total. The summed E-state index contributed by atoms with van der Waals surface area (Å²) in [5.74, 6) is 0.946. The molecule has 0 unspecified atom stereocenters. The lowest BCUT2D eigenvalue weighted by Crippen LogP contribution is -2.44. The molecule has 1 aliphatic rings. The molecule has 1 rings (SSSR count). The van der Waals surface area contributed by atoms with Crippen molar-refractivity contribution < 1.29 is 19.3 Å². The van der Waals surface area contributed by atoms with Crippen molar-refractivity contribution >= 4 is 0 Å². The highest BCUT2D eigenvalue weighted by atomic mass is 16.7. The Morgan fingerprint density at radius 3 is 2.80 bits per heavy atom. The van der Waals surface area contributed by atoms with Crippen LogP contribution in [0.1, 0.15) is 72.6 Å². The number of hydrogen-bond donors (Lipinski definition) is 1. The Morgan fingerprint density at radius 2 is 2.08 bits per heavy atom. The van der Waals surface area contributed by atoms with Crippen LogP contribution in [0, 0.1) is 5.92 Å². The molecule has 0 amide bonds. The first-order valence-corrected chi connectivity index (χ1v) is 9.91. The molecule has 1 heterocycles. The molecule has 146 valence electrons. The number of aliphatic hydroxyl groups excluding tert-OH is 1. The summed E-state index contributed by atoms with van der Waals surface area (Å²) in [4.78, 5) is 0. The van der Waals surface area contributed by atoms with E-state index in [1.165, 1.54) is 19.3 Å². The fraction of sp³-hybridized carbons (Fsp3) is 0.810. The highest BCUT2D eigenvalue weighted by Crippen LogP contribution is 2.27. The smallest absolute Gasteiger partial charge is 0.161 e. The molecule has 0 aromatic carbocycles. The maximum atomic E-state index is 9.82. The maximum Gasteiger partial charge on any atom is 0.161 e. The van der Waals surface area contributed by atoms with E-state index in [0.717, 1.165) is 38.0 Å². The lowest BCUT2D eigenvalue weighted by Gasteiger charge is -2.37. The van der Waals surface area contributed by atoms with E-state index < -0.39 is 0 Å². The lowest BCUT2D eigenvalue weighted by atomic mass is 9.96. The second kappa shape index (κ2) is 12.5. The SMILES string of the molecule is C=C(/C=C/CC[C@@H](C)O[C@@H]1O[C@@H](C)[C@H](O)C[C@H]1C)OCCCCCC. The molecule has 1 saturated heterocycles. The van der Waals surface area contributed by atoms with Gasteiger partial charge >= 0.3 is 0 Å². The summed E-state index contributed by atoms with van der Waals surface area (Å²) in [7, 11) is 0. The Hall–Kier alpha value is -0.840. The molecular weight excluding hydrogens is 316 g/mol. The van der Waals surface area contributed by atoms with Gasteiger partial charge in [0, 0.05) is 5.92 Å². The molecule has 4 nitrogen and oxygen atoms in total. The van der Waals surface area contributed by atoms with E-state index in [-0.39, 0.29) is 30.5 Å². The highest BCUT2D eigenvalue weighted by molar-refractivity contribution is 5.06.